The molecule has 0 spiro atoms. The van der Waals surface area contributed by atoms with Gasteiger partial charge in [-0.05, 0) is 36.4 Å². The summed E-state index contributed by atoms with van der Waals surface area (Å²) in [5, 5.41) is 14.1. The highest BCUT2D eigenvalue weighted by atomic mass is 32.2. The van der Waals surface area contributed by atoms with E-state index in [1.165, 1.54) is 24.3 Å². The maximum Gasteiger partial charge on any atom is 0.323 e. The van der Waals surface area contributed by atoms with Crippen LogP contribution in [0.5, 0.6) is 0 Å². The average Bonchev–Trinajstić information content (AvgIpc) is 3.01. The first-order valence-electron chi connectivity index (χ1n) is 7.43. The molecule has 0 radical (unpaired) electrons. The van der Waals surface area contributed by atoms with E-state index in [1.54, 1.807) is 31.2 Å². The first-order valence-corrected chi connectivity index (χ1v) is 8.97. The zero-order valence-electron chi connectivity index (χ0n) is 13.6. The van der Waals surface area contributed by atoms with Gasteiger partial charge in [0.2, 0.25) is 21.7 Å². The Balaban J connectivity index is 1.68. The number of rotatable bonds is 4. The number of hydrogen-bond acceptors (Lipinski definition) is 6. The van der Waals surface area contributed by atoms with Gasteiger partial charge in [-0.15, -0.1) is 0 Å². The zero-order chi connectivity index (χ0) is 18.7. The third-order valence-electron chi connectivity index (χ3n) is 3.35. The van der Waals surface area contributed by atoms with Crippen LogP contribution in [0.4, 0.5) is 16.2 Å². The first kappa shape index (κ1) is 17.6. The number of urea groups is 1. The molecule has 0 saturated heterocycles. The number of anilines is 2. The van der Waals surface area contributed by atoms with Crippen LogP contribution in [-0.4, -0.2) is 24.6 Å². The minimum absolute atomic E-state index is 0.0356. The van der Waals surface area contributed by atoms with Gasteiger partial charge < -0.3 is 15.2 Å². The number of benzene rings is 2. The Bertz CT molecular complexity index is 1040. The minimum Gasteiger partial charge on any atom is -0.339 e. The average molecular weight is 373 g/mol. The van der Waals surface area contributed by atoms with Crippen LogP contribution in [0, 0.1) is 6.92 Å². The summed E-state index contributed by atoms with van der Waals surface area (Å²) in [5.41, 5.74) is 1.64. The summed E-state index contributed by atoms with van der Waals surface area (Å²) in [5.74, 6) is 0.865. The number of aromatic nitrogens is 2. The number of nitrogens with zero attached hydrogens (tertiary/aromatic N) is 2. The molecule has 9 nitrogen and oxygen atoms in total. The van der Waals surface area contributed by atoms with Gasteiger partial charge in [-0.1, -0.05) is 17.3 Å². The van der Waals surface area contributed by atoms with Crippen molar-refractivity contribution in [1.29, 1.82) is 0 Å². The molecule has 0 unspecified atom stereocenters. The molecule has 2 amide bonds. The minimum atomic E-state index is -3.77. The molecule has 3 rings (SSSR count). The van der Waals surface area contributed by atoms with E-state index in [2.05, 4.69) is 20.8 Å². The van der Waals surface area contributed by atoms with Crippen LogP contribution in [0.3, 0.4) is 0 Å². The van der Waals surface area contributed by atoms with Crippen molar-refractivity contribution in [3.63, 3.8) is 0 Å². The van der Waals surface area contributed by atoms with Crippen molar-refractivity contribution in [2.75, 3.05) is 10.6 Å². The molecule has 0 bridgehead atoms. The van der Waals surface area contributed by atoms with Crippen molar-refractivity contribution < 1.29 is 17.7 Å². The van der Waals surface area contributed by atoms with E-state index in [9.17, 15) is 13.2 Å². The monoisotopic (exact) mass is 373 g/mol. The van der Waals surface area contributed by atoms with Crippen molar-refractivity contribution >= 4 is 27.4 Å². The van der Waals surface area contributed by atoms with Crippen molar-refractivity contribution in [3.05, 3.63) is 54.4 Å². The summed E-state index contributed by atoms with van der Waals surface area (Å²) in [4.78, 5) is 16.2. The number of hydrogen-bond donors (Lipinski definition) is 3. The highest BCUT2D eigenvalue weighted by molar-refractivity contribution is 7.89. The Hall–Kier alpha value is -3.24. The van der Waals surface area contributed by atoms with Gasteiger partial charge in [0, 0.05) is 23.9 Å². The van der Waals surface area contributed by atoms with Gasteiger partial charge in [0.1, 0.15) is 0 Å². The lowest BCUT2D eigenvalue weighted by molar-refractivity contribution is 0.262. The number of carbonyl (C=O) groups excluding carboxylic acids is 1. The highest BCUT2D eigenvalue weighted by Crippen LogP contribution is 2.20. The number of aryl methyl sites for hydroxylation is 1. The number of nitrogens with one attached hydrogen (secondary N) is 2. The summed E-state index contributed by atoms with van der Waals surface area (Å²) in [7, 11) is -3.77. The molecule has 0 fully saturated rings. The summed E-state index contributed by atoms with van der Waals surface area (Å²) in [6.07, 6.45) is 0. The third-order valence-corrected chi connectivity index (χ3v) is 4.28. The molecule has 0 atom stereocenters. The predicted octanol–water partition coefficient (Wildman–Crippen LogP) is 2.34. The van der Waals surface area contributed by atoms with Gasteiger partial charge in [0.05, 0.1) is 4.90 Å². The lowest BCUT2D eigenvalue weighted by Crippen LogP contribution is -2.19. The largest absolute Gasteiger partial charge is 0.339 e. The molecule has 134 valence electrons. The summed E-state index contributed by atoms with van der Waals surface area (Å²) >= 11 is 0. The van der Waals surface area contributed by atoms with Crippen molar-refractivity contribution in [1.82, 2.24) is 10.1 Å². The third kappa shape index (κ3) is 4.23. The normalized spacial score (nSPS) is 11.2. The van der Waals surface area contributed by atoms with Crippen LogP contribution in [0.25, 0.3) is 11.4 Å². The number of primary sulfonamides is 1. The van der Waals surface area contributed by atoms with E-state index >= 15 is 0 Å². The second-order valence-electron chi connectivity index (χ2n) is 5.37. The molecule has 0 aliphatic heterocycles. The van der Waals surface area contributed by atoms with Gasteiger partial charge in [0.15, 0.2) is 0 Å². The molecule has 3 aromatic rings. The van der Waals surface area contributed by atoms with Gasteiger partial charge in [-0.25, -0.2) is 18.4 Å². The second kappa shape index (κ2) is 6.94. The maximum atomic E-state index is 12.1. The van der Waals surface area contributed by atoms with Crippen LogP contribution in [0.2, 0.25) is 0 Å². The van der Waals surface area contributed by atoms with Crippen LogP contribution >= 0.6 is 0 Å². The molecule has 10 heteroatoms. The summed E-state index contributed by atoms with van der Waals surface area (Å²) in [6.45, 7) is 1.69. The fourth-order valence-corrected chi connectivity index (χ4v) is 2.69. The lowest BCUT2D eigenvalue weighted by Gasteiger charge is -2.08. The quantitative estimate of drug-likeness (QED) is 0.641. The predicted molar refractivity (Wildman–Crippen MR) is 94.9 cm³/mol. The van der Waals surface area contributed by atoms with E-state index in [0.717, 1.165) is 0 Å². The van der Waals surface area contributed by atoms with Gasteiger partial charge in [0.25, 0.3) is 0 Å². The first-order chi connectivity index (χ1) is 12.3. The highest BCUT2D eigenvalue weighted by Gasteiger charge is 2.10. The molecule has 2 aromatic carbocycles. The standard InChI is InChI=1S/C16H15N5O4S/c1-10-18-15(21-25-10)11-3-2-4-13(9-11)20-16(22)19-12-5-7-14(8-6-12)26(17,23)24/h2-9H,1H3,(H2,17,23,24)(H2,19,20,22). The molecule has 0 saturated carbocycles. The molecule has 4 N–H and O–H groups in total. The molecule has 0 aliphatic rings. The second-order valence-corrected chi connectivity index (χ2v) is 6.93. The van der Waals surface area contributed by atoms with Crippen molar-refractivity contribution in [3.8, 4) is 11.4 Å². The van der Waals surface area contributed by atoms with Gasteiger partial charge in [-0.2, -0.15) is 4.98 Å². The number of nitrogens with two attached hydrogens (primary N) is 1. The number of carbonyl (C=O) groups is 1. The maximum absolute atomic E-state index is 12.1. The van der Waals surface area contributed by atoms with E-state index in [1.807, 2.05) is 0 Å². The van der Waals surface area contributed by atoms with Crippen LogP contribution < -0.4 is 15.8 Å². The van der Waals surface area contributed by atoms with Crippen molar-refractivity contribution in [2.24, 2.45) is 5.14 Å². The van der Waals surface area contributed by atoms with Crippen LogP contribution in [0.15, 0.2) is 57.9 Å². The Morgan fingerprint density at radius 3 is 2.38 bits per heavy atom. The van der Waals surface area contributed by atoms with Gasteiger partial charge in [-0.3, -0.25) is 0 Å². The SMILES string of the molecule is Cc1nc(-c2cccc(NC(=O)Nc3ccc(S(N)(=O)=O)cc3)c2)no1. The lowest BCUT2D eigenvalue weighted by atomic mass is 10.2. The number of amides is 2. The van der Waals surface area contributed by atoms with E-state index < -0.39 is 16.1 Å². The Morgan fingerprint density at radius 2 is 1.77 bits per heavy atom. The Labute approximate surface area is 149 Å². The van der Waals surface area contributed by atoms with Crippen molar-refractivity contribution in [2.45, 2.75) is 11.8 Å². The van der Waals surface area contributed by atoms with Crippen LogP contribution in [0.1, 0.15) is 5.89 Å². The number of sulfonamides is 1. The molecule has 1 aromatic heterocycles. The zero-order valence-corrected chi connectivity index (χ0v) is 14.4. The molecular formula is C16H15N5O4S. The molecular weight excluding hydrogens is 358 g/mol. The Morgan fingerprint density at radius 1 is 1.08 bits per heavy atom. The summed E-state index contributed by atoms with van der Waals surface area (Å²) < 4.78 is 27.4. The fraction of sp³-hybridized carbons (Fsp3) is 0.0625. The van der Waals surface area contributed by atoms with E-state index in [-0.39, 0.29) is 4.90 Å². The molecule has 26 heavy (non-hydrogen) atoms. The van der Waals surface area contributed by atoms with E-state index in [4.69, 9.17) is 9.66 Å². The topological polar surface area (TPSA) is 140 Å². The molecule has 0 aliphatic carbocycles. The van der Waals surface area contributed by atoms with Crippen LogP contribution in [-0.2, 0) is 10.0 Å². The van der Waals surface area contributed by atoms with E-state index in [0.29, 0.717) is 28.7 Å². The summed E-state index contributed by atoms with van der Waals surface area (Å²) in [6, 6.07) is 12.0. The molecule has 1 heterocycles. The smallest absolute Gasteiger partial charge is 0.323 e. The Kier molecular flexibility index (Phi) is 4.69. The van der Waals surface area contributed by atoms with Gasteiger partial charge >= 0.3 is 6.03 Å². The fourth-order valence-electron chi connectivity index (χ4n) is 2.17.